The van der Waals surface area contributed by atoms with Gasteiger partial charge >= 0.3 is 0 Å². The van der Waals surface area contributed by atoms with Crippen molar-refractivity contribution in [2.24, 2.45) is 4.99 Å². The minimum absolute atomic E-state index is 0.571. The molecular formula is C19H27N3O2S. The first kappa shape index (κ1) is 19.1. The molecule has 1 heterocycles. The molecule has 6 heteroatoms. The topological polar surface area (TPSA) is 54.9 Å². The van der Waals surface area contributed by atoms with Crippen LogP contribution in [0.2, 0.25) is 0 Å². The second-order valence-electron chi connectivity index (χ2n) is 5.49. The van der Waals surface area contributed by atoms with Crippen LogP contribution in [0.25, 0.3) is 0 Å². The van der Waals surface area contributed by atoms with Crippen molar-refractivity contribution in [3.05, 3.63) is 45.6 Å². The van der Waals surface area contributed by atoms with Gasteiger partial charge in [-0.05, 0) is 55.5 Å². The van der Waals surface area contributed by atoms with Crippen LogP contribution < -0.4 is 20.1 Å². The molecule has 2 N–H and O–H groups in total. The second-order valence-corrected chi connectivity index (χ2v) is 6.49. The van der Waals surface area contributed by atoms with Crippen LogP contribution in [0.15, 0.2) is 34.6 Å². The van der Waals surface area contributed by atoms with Crippen molar-refractivity contribution in [2.75, 3.05) is 20.3 Å². The number of hydrogen-bond donors (Lipinski definition) is 2. The van der Waals surface area contributed by atoms with E-state index in [9.17, 15) is 0 Å². The molecule has 0 fully saturated rings. The van der Waals surface area contributed by atoms with E-state index in [-0.39, 0.29) is 0 Å². The van der Waals surface area contributed by atoms with Gasteiger partial charge in [-0.1, -0.05) is 6.07 Å². The lowest BCUT2D eigenvalue weighted by Crippen LogP contribution is -2.36. The van der Waals surface area contributed by atoms with E-state index in [0.717, 1.165) is 36.1 Å². The van der Waals surface area contributed by atoms with E-state index in [1.807, 2.05) is 25.1 Å². The Morgan fingerprint density at radius 1 is 1.16 bits per heavy atom. The lowest BCUT2D eigenvalue weighted by molar-refractivity contribution is 0.310. The SMILES string of the molecule is CCNC(=NCc1ccc(OCC)c(OC)c1)NCc1sccc1C. The van der Waals surface area contributed by atoms with E-state index in [4.69, 9.17) is 9.47 Å². The summed E-state index contributed by atoms with van der Waals surface area (Å²) in [4.78, 5) is 5.99. The number of ether oxygens (including phenoxy) is 2. The molecular weight excluding hydrogens is 334 g/mol. The Hall–Kier alpha value is -2.21. The molecule has 25 heavy (non-hydrogen) atoms. The van der Waals surface area contributed by atoms with Crippen LogP contribution in [0.1, 0.15) is 29.9 Å². The van der Waals surface area contributed by atoms with Crippen LogP contribution in [0.4, 0.5) is 0 Å². The largest absolute Gasteiger partial charge is 0.493 e. The molecule has 0 spiro atoms. The van der Waals surface area contributed by atoms with Gasteiger partial charge in [-0.2, -0.15) is 0 Å². The fourth-order valence-corrected chi connectivity index (χ4v) is 3.19. The molecule has 136 valence electrons. The number of nitrogens with zero attached hydrogens (tertiary/aromatic N) is 1. The van der Waals surface area contributed by atoms with Gasteiger partial charge in [0.05, 0.1) is 26.8 Å². The highest BCUT2D eigenvalue weighted by molar-refractivity contribution is 7.10. The summed E-state index contributed by atoms with van der Waals surface area (Å²) in [5.41, 5.74) is 2.38. The molecule has 0 atom stereocenters. The zero-order chi connectivity index (χ0) is 18.1. The number of hydrogen-bond acceptors (Lipinski definition) is 4. The molecule has 0 bridgehead atoms. The highest BCUT2D eigenvalue weighted by Gasteiger charge is 2.06. The predicted molar refractivity (Wildman–Crippen MR) is 105 cm³/mol. The minimum atomic E-state index is 0.571. The summed E-state index contributed by atoms with van der Waals surface area (Å²) in [6, 6.07) is 8.06. The standard InChI is InChI=1S/C19H27N3O2S/c1-5-20-19(22-13-18-14(3)9-10-25-18)21-12-15-7-8-16(24-6-2)17(11-15)23-4/h7-11H,5-6,12-13H2,1-4H3,(H2,20,21,22). The van der Waals surface area contributed by atoms with Gasteiger partial charge in [0.25, 0.3) is 0 Å². The van der Waals surface area contributed by atoms with E-state index < -0.39 is 0 Å². The number of guanidine groups is 1. The maximum Gasteiger partial charge on any atom is 0.191 e. The quantitative estimate of drug-likeness (QED) is 0.556. The number of rotatable bonds is 8. The van der Waals surface area contributed by atoms with Crippen LogP contribution in [-0.4, -0.2) is 26.2 Å². The summed E-state index contributed by atoms with van der Waals surface area (Å²) in [5, 5.41) is 8.78. The summed E-state index contributed by atoms with van der Waals surface area (Å²) in [6.07, 6.45) is 0. The Morgan fingerprint density at radius 3 is 2.64 bits per heavy atom. The molecule has 0 amide bonds. The van der Waals surface area contributed by atoms with Gasteiger partial charge in [0.1, 0.15) is 0 Å². The molecule has 0 aliphatic rings. The molecule has 0 aliphatic carbocycles. The van der Waals surface area contributed by atoms with Crippen LogP contribution in [0, 0.1) is 6.92 Å². The minimum Gasteiger partial charge on any atom is -0.493 e. The summed E-state index contributed by atoms with van der Waals surface area (Å²) in [6.45, 7) is 8.94. The number of thiophene rings is 1. The summed E-state index contributed by atoms with van der Waals surface area (Å²) < 4.78 is 11.0. The smallest absolute Gasteiger partial charge is 0.191 e. The third kappa shape index (κ3) is 5.67. The first-order valence-corrected chi connectivity index (χ1v) is 9.40. The van der Waals surface area contributed by atoms with Crippen molar-refractivity contribution >= 4 is 17.3 Å². The van der Waals surface area contributed by atoms with Crippen LogP contribution in [0.3, 0.4) is 0 Å². The van der Waals surface area contributed by atoms with E-state index in [0.29, 0.717) is 13.2 Å². The van der Waals surface area contributed by atoms with Crippen LogP contribution in [-0.2, 0) is 13.1 Å². The Balaban J connectivity index is 2.03. The van der Waals surface area contributed by atoms with Crippen molar-refractivity contribution in [2.45, 2.75) is 33.9 Å². The van der Waals surface area contributed by atoms with E-state index in [2.05, 4.69) is 40.9 Å². The zero-order valence-electron chi connectivity index (χ0n) is 15.4. The summed E-state index contributed by atoms with van der Waals surface area (Å²) in [5.74, 6) is 2.31. The van der Waals surface area contributed by atoms with E-state index >= 15 is 0 Å². The van der Waals surface area contributed by atoms with Gasteiger partial charge in [0.2, 0.25) is 0 Å². The Morgan fingerprint density at radius 2 is 2.00 bits per heavy atom. The third-order valence-electron chi connectivity index (χ3n) is 3.68. The van der Waals surface area contributed by atoms with E-state index in [1.165, 1.54) is 10.4 Å². The van der Waals surface area contributed by atoms with Gasteiger partial charge in [-0.3, -0.25) is 0 Å². The average Bonchev–Trinajstić information content (AvgIpc) is 3.03. The van der Waals surface area contributed by atoms with Gasteiger partial charge < -0.3 is 20.1 Å². The number of aryl methyl sites for hydroxylation is 1. The highest BCUT2D eigenvalue weighted by atomic mass is 32.1. The van der Waals surface area contributed by atoms with Gasteiger partial charge in [-0.25, -0.2) is 4.99 Å². The molecule has 0 unspecified atom stereocenters. The fraction of sp³-hybridized carbons (Fsp3) is 0.421. The van der Waals surface area contributed by atoms with Gasteiger partial charge in [0.15, 0.2) is 17.5 Å². The lowest BCUT2D eigenvalue weighted by atomic mass is 10.2. The van der Waals surface area contributed by atoms with Crippen molar-refractivity contribution in [1.29, 1.82) is 0 Å². The van der Waals surface area contributed by atoms with Gasteiger partial charge in [-0.15, -0.1) is 11.3 Å². The van der Waals surface area contributed by atoms with E-state index in [1.54, 1.807) is 18.4 Å². The zero-order valence-corrected chi connectivity index (χ0v) is 16.2. The fourth-order valence-electron chi connectivity index (χ4n) is 2.35. The maximum atomic E-state index is 5.55. The molecule has 2 rings (SSSR count). The third-order valence-corrected chi connectivity index (χ3v) is 4.70. The van der Waals surface area contributed by atoms with Crippen molar-refractivity contribution in [3.63, 3.8) is 0 Å². The second kappa shape index (κ2) is 9.93. The Kier molecular flexibility index (Phi) is 7.60. The summed E-state index contributed by atoms with van der Waals surface area (Å²) >= 11 is 1.76. The number of nitrogens with one attached hydrogen (secondary N) is 2. The summed E-state index contributed by atoms with van der Waals surface area (Å²) in [7, 11) is 1.65. The first-order chi connectivity index (χ1) is 12.2. The molecule has 0 saturated carbocycles. The van der Waals surface area contributed by atoms with Crippen LogP contribution >= 0.6 is 11.3 Å². The average molecular weight is 362 g/mol. The number of benzene rings is 1. The number of aliphatic imine (C=N–C) groups is 1. The molecule has 2 aromatic rings. The Labute approximate surface area is 154 Å². The molecule has 0 aliphatic heterocycles. The Bertz CT molecular complexity index is 698. The molecule has 5 nitrogen and oxygen atoms in total. The van der Waals surface area contributed by atoms with Crippen molar-refractivity contribution in [3.8, 4) is 11.5 Å². The molecule has 1 aromatic carbocycles. The first-order valence-electron chi connectivity index (χ1n) is 8.52. The highest BCUT2D eigenvalue weighted by Crippen LogP contribution is 2.28. The van der Waals surface area contributed by atoms with Crippen LogP contribution in [0.5, 0.6) is 11.5 Å². The molecule has 1 aromatic heterocycles. The monoisotopic (exact) mass is 361 g/mol. The maximum absolute atomic E-state index is 5.55. The van der Waals surface area contributed by atoms with Crippen molar-refractivity contribution in [1.82, 2.24) is 10.6 Å². The number of methoxy groups -OCH3 is 1. The lowest BCUT2D eigenvalue weighted by Gasteiger charge is -2.12. The normalized spacial score (nSPS) is 11.3. The van der Waals surface area contributed by atoms with Crippen molar-refractivity contribution < 1.29 is 9.47 Å². The van der Waals surface area contributed by atoms with Gasteiger partial charge in [0, 0.05) is 11.4 Å². The molecule has 0 radical (unpaired) electrons. The predicted octanol–water partition coefficient (Wildman–Crippen LogP) is 3.72. The molecule has 0 saturated heterocycles.